The Kier molecular flexibility index (Phi) is 66.8. The van der Waals surface area contributed by atoms with Crippen molar-refractivity contribution < 1.29 is 42.1 Å². The second kappa shape index (κ2) is 68.8. The van der Waals surface area contributed by atoms with Crippen LogP contribution in [0.3, 0.4) is 0 Å². The Balaban J connectivity index is 3.94. The number of nitrogens with zero attached hydrogens (tertiary/aromatic N) is 1. The summed E-state index contributed by atoms with van der Waals surface area (Å²) in [4.78, 5) is 38.1. The van der Waals surface area contributed by atoms with Crippen molar-refractivity contribution in [3.63, 3.8) is 0 Å². The second-order valence-corrected chi connectivity index (χ2v) is 28.1. The summed E-state index contributed by atoms with van der Waals surface area (Å²) in [6, 6.07) is 0. The molecule has 10 heteroatoms. The number of rotatable bonds is 70. The lowest BCUT2D eigenvalue weighted by Crippen LogP contribution is -2.37. The third kappa shape index (κ3) is 72.5. The first-order valence-corrected chi connectivity index (χ1v) is 39.1. The van der Waals surface area contributed by atoms with Crippen LogP contribution in [-0.4, -0.2) is 70.0 Å². The highest BCUT2D eigenvalue weighted by Gasteiger charge is 2.22. The van der Waals surface area contributed by atoms with Gasteiger partial charge in [-0.2, -0.15) is 0 Å². The van der Waals surface area contributed by atoms with Gasteiger partial charge in [0.25, 0.3) is 7.82 Å². The van der Waals surface area contributed by atoms with Crippen molar-refractivity contribution in [3.8, 4) is 0 Å². The monoisotopic (exact) mass is 1250 g/mol. The Bertz CT molecular complexity index is 1710. The van der Waals surface area contributed by atoms with Crippen LogP contribution in [0.15, 0.2) is 72.9 Å². The normalized spacial score (nSPS) is 13.5. The molecule has 0 saturated heterocycles. The zero-order chi connectivity index (χ0) is 64.1. The van der Waals surface area contributed by atoms with E-state index in [1.165, 1.54) is 250 Å². The van der Waals surface area contributed by atoms with E-state index in [9.17, 15) is 19.0 Å². The van der Waals surface area contributed by atoms with E-state index in [1.54, 1.807) is 0 Å². The standard InChI is InChI=1S/C78H144NO8P/c1-6-8-10-12-14-16-18-20-22-24-26-28-30-32-33-34-35-36-37-38-39-40-41-42-43-44-45-47-49-51-53-55-57-59-61-63-65-67-69-71-78(81)87-76(75-86-88(82,83)85-73-72-79(3,4)5)74-84-77(80)70-68-66-64-62-60-58-56-54-52-50-48-46-31-29-27-25-23-21-19-17-15-13-11-9-7-2/h8,10,14,16,20,22,26,28,32-33,35-36,76H,6-7,9,11-13,15,17-19,21,23-25,27,29-31,34,37-75H2,1-5H3/b10-8-,16-14-,22-20-,28-26-,33-32-,36-35-. The lowest BCUT2D eigenvalue weighted by atomic mass is 10.0. The van der Waals surface area contributed by atoms with E-state index in [0.717, 1.165) is 77.0 Å². The highest BCUT2D eigenvalue weighted by Crippen LogP contribution is 2.38. The predicted molar refractivity (Wildman–Crippen MR) is 379 cm³/mol. The fourth-order valence-corrected chi connectivity index (χ4v) is 11.7. The first kappa shape index (κ1) is 85.5. The van der Waals surface area contributed by atoms with Gasteiger partial charge in [-0.3, -0.25) is 14.2 Å². The minimum absolute atomic E-state index is 0.0288. The average Bonchev–Trinajstić information content (AvgIpc) is 3.68. The molecule has 514 valence electrons. The molecule has 2 atom stereocenters. The highest BCUT2D eigenvalue weighted by atomic mass is 31.2. The molecule has 0 aromatic rings. The summed E-state index contributed by atoms with van der Waals surface area (Å²) < 4.78 is 34.4. The smallest absolute Gasteiger partial charge is 0.306 e. The van der Waals surface area contributed by atoms with Crippen LogP contribution in [0.25, 0.3) is 0 Å². The number of phosphoric ester groups is 1. The molecular weight excluding hydrogens is 1110 g/mol. The minimum atomic E-state index is -4.64. The molecule has 0 amide bonds. The second-order valence-electron chi connectivity index (χ2n) is 26.6. The number of esters is 2. The van der Waals surface area contributed by atoms with Crippen LogP contribution in [0, 0.1) is 0 Å². The number of carbonyl (C=O) groups is 2. The quantitative estimate of drug-likeness (QED) is 0.0195. The van der Waals surface area contributed by atoms with Crippen molar-refractivity contribution in [2.24, 2.45) is 0 Å². The van der Waals surface area contributed by atoms with E-state index < -0.39 is 26.5 Å². The first-order chi connectivity index (χ1) is 43.0. The number of ether oxygens (including phenoxy) is 2. The van der Waals surface area contributed by atoms with Crippen LogP contribution < -0.4 is 4.89 Å². The number of carbonyl (C=O) groups excluding carboxylic acids is 2. The molecule has 0 N–H and O–H groups in total. The third-order valence-corrected chi connectivity index (χ3v) is 17.7. The molecule has 0 aliphatic heterocycles. The number of quaternary nitrogens is 1. The van der Waals surface area contributed by atoms with E-state index >= 15 is 0 Å². The zero-order valence-corrected chi connectivity index (χ0v) is 59.6. The Morgan fingerprint density at radius 3 is 0.966 bits per heavy atom. The van der Waals surface area contributed by atoms with Gasteiger partial charge in [-0.1, -0.05) is 356 Å². The fraction of sp³-hybridized carbons (Fsp3) is 0.821. The van der Waals surface area contributed by atoms with Gasteiger partial charge in [-0.15, -0.1) is 0 Å². The summed E-state index contributed by atoms with van der Waals surface area (Å²) in [5.74, 6) is -0.812. The predicted octanol–water partition coefficient (Wildman–Crippen LogP) is 24.1. The minimum Gasteiger partial charge on any atom is -0.756 e. The zero-order valence-electron chi connectivity index (χ0n) is 58.7. The van der Waals surface area contributed by atoms with Crippen LogP contribution >= 0.6 is 7.82 Å². The maximum Gasteiger partial charge on any atom is 0.306 e. The molecule has 0 spiro atoms. The van der Waals surface area contributed by atoms with Crippen molar-refractivity contribution in [3.05, 3.63) is 72.9 Å². The SMILES string of the molecule is CC/C=C\C/C=C\C/C=C\C/C=C\C/C=C\C/C=C\CCCCCCCCCCCCCCCCCCCCCCC(=O)OC(COC(=O)CCCCCCCCCCCCCCCCCCCCCCCCCCC)COP(=O)([O-])OCC[N+](C)(C)C. The molecule has 2 unspecified atom stereocenters. The van der Waals surface area contributed by atoms with Gasteiger partial charge in [0.05, 0.1) is 27.7 Å². The number of allylic oxidation sites excluding steroid dienone is 12. The van der Waals surface area contributed by atoms with Gasteiger partial charge in [0.2, 0.25) is 0 Å². The molecule has 0 aliphatic rings. The summed E-state index contributed by atoms with van der Waals surface area (Å²) in [5, 5.41) is 0. The maximum absolute atomic E-state index is 12.9. The Morgan fingerprint density at radius 2 is 0.648 bits per heavy atom. The van der Waals surface area contributed by atoms with Crippen LogP contribution in [0.2, 0.25) is 0 Å². The van der Waals surface area contributed by atoms with Crippen LogP contribution in [-0.2, 0) is 32.7 Å². The van der Waals surface area contributed by atoms with E-state index in [4.69, 9.17) is 18.5 Å². The Labute approximate surface area is 546 Å². The van der Waals surface area contributed by atoms with E-state index in [-0.39, 0.29) is 32.0 Å². The van der Waals surface area contributed by atoms with Gasteiger partial charge in [-0.05, 0) is 64.2 Å². The molecule has 0 aromatic heterocycles. The van der Waals surface area contributed by atoms with E-state index in [0.29, 0.717) is 17.4 Å². The molecule has 0 rings (SSSR count). The molecule has 0 radical (unpaired) electrons. The number of unbranched alkanes of at least 4 members (excludes halogenated alkanes) is 44. The lowest BCUT2D eigenvalue weighted by Gasteiger charge is -2.28. The largest absolute Gasteiger partial charge is 0.756 e. The summed E-state index contributed by atoms with van der Waals surface area (Å²) in [6.45, 7) is 4.19. The van der Waals surface area contributed by atoms with Gasteiger partial charge in [0.1, 0.15) is 19.8 Å². The average molecular weight is 1250 g/mol. The van der Waals surface area contributed by atoms with Crippen LogP contribution in [0.1, 0.15) is 361 Å². The molecule has 9 nitrogen and oxygen atoms in total. The maximum atomic E-state index is 12.9. The molecule has 0 fully saturated rings. The number of phosphoric acid groups is 1. The van der Waals surface area contributed by atoms with Crippen LogP contribution in [0.5, 0.6) is 0 Å². The molecule has 0 aromatic carbocycles. The lowest BCUT2D eigenvalue weighted by molar-refractivity contribution is -0.870. The molecule has 88 heavy (non-hydrogen) atoms. The topological polar surface area (TPSA) is 111 Å². The summed E-state index contributed by atoms with van der Waals surface area (Å²) >= 11 is 0. The van der Waals surface area contributed by atoms with Gasteiger partial charge in [-0.25, -0.2) is 0 Å². The first-order valence-electron chi connectivity index (χ1n) is 37.6. The molecule has 0 bridgehead atoms. The molecule has 0 aliphatic carbocycles. The molecular formula is C78H144NO8P. The van der Waals surface area contributed by atoms with Crippen molar-refractivity contribution >= 4 is 19.8 Å². The van der Waals surface area contributed by atoms with Gasteiger partial charge in [0.15, 0.2) is 6.10 Å². The van der Waals surface area contributed by atoms with Crippen molar-refractivity contribution in [2.45, 2.75) is 367 Å². The number of hydrogen-bond acceptors (Lipinski definition) is 8. The van der Waals surface area contributed by atoms with E-state index in [2.05, 4.69) is 86.8 Å². The van der Waals surface area contributed by atoms with E-state index in [1.807, 2.05) is 21.1 Å². The van der Waals surface area contributed by atoms with Crippen molar-refractivity contribution in [1.29, 1.82) is 0 Å². The summed E-state index contributed by atoms with van der Waals surface area (Å²) in [6.07, 6.45) is 92.9. The van der Waals surface area contributed by atoms with Gasteiger partial charge < -0.3 is 27.9 Å². The third-order valence-electron chi connectivity index (χ3n) is 16.7. The van der Waals surface area contributed by atoms with Crippen molar-refractivity contribution in [2.75, 3.05) is 47.5 Å². The molecule has 0 saturated carbocycles. The summed E-state index contributed by atoms with van der Waals surface area (Å²) in [5.41, 5.74) is 0. The van der Waals surface area contributed by atoms with Gasteiger partial charge in [0, 0.05) is 12.8 Å². The van der Waals surface area contributed by atoms with Crippen molar-refractivity contribution in [1.82, 2.24) is 0 Å². The van der Waals surface area contributed by atoms with Crippen LogP contribution in [0.4, 0.5) is 0 Å². The Hall–Kier alpha value is -2.55. The number of hydrogen-bond donors (Lipinski definition) is 0. The number of likely N-dealkylation sites (N-methyl/N-ethyl adjacent to an activating group) is 1. The summed E-state index contributed by atoms with van der Waals surface area (Å²) in [7, 11) is 1.18. The highest BCUT2D eigenvalue weighted by molar-refractivity contribution is 7.45. The molecule has 0 heterocycles. The van der Waals surface area contributed by atoms with Gasteiger partial charge >= 0.3 is 11.9 Å². The Morgan fingerprint density at radius 1 is 0.364 bits per heavy atom. The fourth-order valence-electron chi connectivity index (χ4n) is 11.0.